The fourth-order valence-electron chi connectivity index (χ4n) is 5.99. The van der Waals surface area contributed by atoms with Crippen molar-refractivity contribution in [3.05, 3.63) is 70.8 Å². The molecule has 2 N–H and O–H groups in total. The average molecular weight is 409 g/mol. The minimum absolute atomic E-state index is 0.00505. The Labute approximate surface area is 178 Å². The van der Waals surface area contributed by atoms with Gasteiger partial charge in [-0.25, -0.2) is 0 Å². The maximum absolute atomic E-state index is 11.8. The molecule has 4 aliphatic rings. The summed E-state index contributed by atoms with van der Waals surface area (Å²) in [7, 11) is 0. The standard InChI is InChI=1S/C26H32O4/c1-25(2)29-23-21-18(16-27)12-9-13-19(26(28)14-7-4-8-15-26)20(22(21)24(23)30-25)17-10-5-3-6-11-17/h3,5-6,9-13,19-20,23-24,27-28H,4,7-8,14-16H2,1-2H3/b13-9-,18-12-/t19-,20+,23+,24-/m1/s1. The summed E-state index contributed by atoms with van der Waals surface area (Å²) in [6, 6.07) is 10.5. The maximum Gasteiger partial charge on any atom is 0.164 e. The van der Waals surface area contributed by atoms with Gasteiger partial charge in [-0.3, -0.25) is 0 Å². The number of allylic oxidation sites excluding steroid dienone is 2. The highest BCUT2D eigenvalue weighted by Gasteiger charge is 2.57. The Balaban J connectivity index is 1.68. The van der Waals surface area contributed by atoms with Crippen LogP contribution in [0.5, 0.6) is 0 Å². The van der Waals surface area contributed by atoms with Crippen LogP contribution in [0.15, 0.2) is 65.3 Å². The van der Waals surface area contributed by atoms with E-state index in [1.165, 1.54) is 17.6 Å². The largest absolute Gasteiger partial charge is 0.392 e. The number of benzene rings is 1. The van der Waals surface area contributed by atoms with E-state index >= 15 is 0 Å². The van der Waals surface area contributed by atoms with Gasteiger partial charge in [0.1, 0.15) is 12.2 Å². The number of hydrogen-bond donors (Lipinski definition) is 2. The third-order valence-corrected chi connectivity index (χ3v) is 7.32. The SMILES string of the molecule is CC1(C)O[C@@H]2C3=C(/C(CO)=C\C=C/[C@@H](C4(O)CCCCC4)[C@@H]3c3ccccc3)[C@@H]2O1. The van der Waals surface area contributed by atoms with Crippen LogP contribution >= 0.6 is 0 Å². The van der Waals surface area contributed by atoms with Gasteiger partial charge in [-0.05, 0) is 49.0 Å². The first-order valence-corrected chi connectivity index (χ1v) is 11.3. The van der Waals surface area contributed by atoms with Gasteiger partial charge >= 0.3 is 0 Å². The van der Waals surface area contributed by atoms with Crippen molar-refractivity contribution < 1.29 is 19.7 Å². The highest BCUT2D eigenvalue weighted by molar-refractivity contribution is 5.57. The zero-order valence-electron chi connectivity index (χ0n) is 17.9. The number of rotatable bonds is 3. The summed E-state index contributed by atoms with van der Waals surface area (Å²) in [5, 5.41) is 21.9. The molecule has 30 heavy (non-hydrogen) atoms. The Morgan fingerprint density at radius 1 is 1.00 bits per heavy atom. The van der Waals surface area contributed by atoms with Crippen LogP contribution in [0.3, 0.4) is 0 Å². The van der Waals surface area contributed by atoms with E-state index in [1.54, 1.807) is 0 Å². The van der Waals surface area contributed by atoms with Gasteiger partial charge < -0.3 is 19.7 Å². The topological polar surface area (TPSA) is 58.9 Å². The number of hydrogen-bond acceptors (Lipinski definition) is 4. The second-order valence-electron chi connectivity index (χ2n) is 9.66. The first-order chi connectivity index (χ1) is 14.4. The Hall–Kier alpha value is -1.72. The van der Waals surface area contributed by atoms with Crippen LogP contribution in [0, 0.1) is 5.92 Å². The predicted octanol–water partition coefficient (Wildman–Crippen LogP) is 4.40. The van der Waals surface area contributed by atoms with Crippen LogP contribution in [-0.2, 0) is 9.47 Å². The maximum atomic E-state index is 11.8. The molecule has 0 bridgehead atoms. The third kappa shape index (κ3) is 3.21. The van der Waals surface area contributed by atoms with E-state index in [1.807, 2.05) is 32.1 Å². The molecule has 4 atom stereocenters. The first-order valence-electron chi connectivity index (χ1n) is 11.3. The minimum Gasteiger partial charge on any atom is -0.392 e. The summed E-state index contributed by atoms with van der Waals surface area (Å²) in [5.41, 5.74) is 3.57. The summed E-state index contributed by atoms with van der Waals surface area (Å²) in [6.07, 6.45) is 10.8. The van der Waals surface area contributed by atoms with E-state index < -0.39 is 11.4 Å². The van der Waals surface area contributed by atoms with Crippen molar-refractivity contribution in [1.29, 1.82) is 0 Å². The normalized spacial score (nSPS) is 37.1. The van der Waals surface area contributed by atoms with Gasteiger partial charge in [-0.2, -0.15) is 0 Å². The Bertz CT molecular complexity index is 889. The molecule has 1 heterocycles. The van der Waals surface area contributed by atoms with Crippen LogP contribution in [0.4, 0.5) is 0 Å². The molecule has 1 aromatic rings. The van der Waals surface area contributed by atoms with Crippen LogP contribution in [0.2, 0.25) is 0 Å². The minimum atomic E-state index is -0.738. The van der Waals surface area contributed by atoms with Gasteiger partial charge in [0.05, 0.1) is 12.2 Å². The lowest BCUT2D eigenvalue weighted by Gasteiger charge is -2.48. The molecular formula is C26H32O4. The summed E-state index contributed by atoms with van der Waals surface area (Å²) in [4.78, 5) is 0. The first kappa shape index (κ1) is 20.2. The second kappa shape index (κ2) is 7.45. The van der Waals surface area contributed by atoms with Gasteiger partial charge in [0.15, 0.2) is 5.79 Å². The van der Waals surface area contributed by atoms with E-state index in [-0.39, 0.29) is 30.7 Å². The average Bonchev–Trinajstić information content (AvgIpc) is 2.99. The Kier molecular flexibility index (Phi) is 5.02. The molecule has 1 aromatic carbocycles. The Morgan fingerprint density at radius 2 is 1.70 bits per heavy atom. The number of aliphatic hydroxyl groups is 2. The van der Waals surface area contributed by atoms with E-state index in [2.05, 4.69) is 30.3 Å². The van der Waals surface area contributed by atoms with Gasteiger partial charge in [0.25, 0.3) is 0 Å². The smallest absolute Gasteiger partial charge is 0.164 e. The van der Waals surface area contributed by atoms with Crippen LogP contribution < -0.4 is 0 Å². The van der Waals surface area contributed by atoms with Crippen LogP contribution in [-0.4, -0.2) is 40.4 Å². The molecule has 4 heteroatoms. The van der Waals surface area contributed by atoms with Crippen molar-refractivity contribution in [3.8, 4) is 0 Å². The fraction of sp³-hybridized carbons (Fsp3) is 0.538. The zero-order valence-corrected chi connectivity index (χ0v) is 17.9. The van der Waals surface area contributed by atoms with E-state index in [9.17, 15) is 10.2 Å². The van der Waals surface area contributed by atoms with Gasteiger partial charge in [-0.15, -0.1) is 0 Å². The van der Waals surface area contributed by atoms with Crippen LogP contribution in [0.25, 0.3) is 0 Å². The summed E-state index contributed by atoms with van der Waals surface area (Å²) < 4.78 is 12.5. The molecule has 3 aliphatic carbocycles. The summed E-state index contributed by atoms with van der Waals surface area (Å²) >= 11 is 0. The molecule has 0 radical (unpaired) electrons. The lowest BCUT2D eigenvalue weighted by Crippen LogP contribution is -2.49. The fourth-order valence-corrected chi connectivity index (χ4v) is 5.99. The molecule has 0 aromatic heterocycles. The van der Waals surface area contributed by atoms with Crippen LogP contribution in [0.1, 0.15) is 57.4 Å². The molecule has 0 unspecified atom stereocenters. The molecule has 0 spiro atoms. The molecule has 4 nitrogen and oxygen atoms in total. The molecule has 1 saturated carbocycles. The van der Waals surface area contributed by atoms with E-state index in [0.29, 0.717) is 0 Å². The lowest BCUT2D eigenvalue weighted by atomic mass is 9.60. The Morgan fingerprint density at radius 3 is 2.40 bits per heavy atom. The molecule has 1 aliphatic heterocycles. The van der Waals surface area contributed by atoms with Gasteiger partial charge in [0, 0.05) is 11.8 Å². The number of fused-ring (bicyclic) bond motifs is 3. The monoisotopic (exact) mass is 408 g/mol. The summed E-state index contributed by atoms with van der Waals surface area (Å²) in [5.74, 6) is -0.715. The number of aliphatic hydroxyl groups excluding tert-OH is 1. The van der Waals surface area contributed by atoms with Gasteiger partial charge in [-0.1, -0.05) is 67.8 Å². The molecule has 0 amide bonds. The molecular weight excluding hydrogens is 376 g/mol. The quantitative estimate of drug-likeness (QED) is 0.778. The lowest BCUT2D eigenvalue weighted by molar-refractivity contribution is -0.137. The molecule has 5 rings (SSSR count). The van der Waals surface area contributed by atoms with Crippen molar-refractivity contribution >= 4 is 0 Å². The van der Waals surface area contributed by atoms with E-state index in [0.717, 1.165) is 36.8 Å². The third-order valence-electron chi connectivity index (χ3n) is 7.32. The predicted molar refractivity (Wildman–Crippen MR) is 116 cm³/mol. The summed E-state index contributed by atoms with van der Waals surface area (Å²) in [6.45, 7) is 3.86. The molecule has 2 fully saturated rings. The van der Waals surface area contributed by atoms with Crippen molar-refractivity contribution in [1.82, 2.24) is 0 Å². The van der Waals surface area contributed by atoms with Gasteiger partial charge in [0.2, 0.25) is 0 Å². The van der Waals surface area contributed by atoms with Crippen molar-refractivity contribution in [2.24, 2.45) is 5.92 Å². The number of ether oxygens (including phenoxy) is 2. The van der Waals surface area contributed by atoms with Crippen molar-refractivity contribution in [3.63, 3.8) is 0 Å². The molecule has 1 saturated heterocycles. The molecule has 160 valence electrons. The zero-order chi connectivity index (χ0) is 20.9. The highest BCUT2D eigenvalue weighted by atomic mass is 16.8. The van der Waals surface area contributed by atoms with Crippen molar-refractivity contribution in [2.75, 3.05) is 6.61 Å². The van der Waals surface area contributed by atoms with E-state index in [4.69, 9.17) is 9.47 Å². The van der Waals surface area contributed by atoms with Crippen molar-refractivity contribution in [2.45, 2.75) is 75.5 Å². The highest BCUT2D eigenvalue weighted by Crippen LogP contribution is 2.56. The second-order valence-corrected chi connectivity index (χ2v) is 9.66.